The number of carbonyl (C=O) groups is 2. The van der Waals surface area contributed by atoms with Crippen LogP contribution in [0.4, 0.5) is 10.5 Å². The lowest BCUT2D eigenvalue weighted by molar-refractivity contribution is -0.136. The first kappa shape index (κ1) is 14.9. The number of carboxylic acids is 1. The summed E-state index contributed by atoms with van der Waals surface area (Å²) < 4.78 is 0. The van der Waals surface area contributed by atoms with Crippen LogP contribution in [0.15, 0.2) is 12.4 Å². The Morgan fingerprint density at radius 3 is 2.47 bits per heavy atom. The van der Waals surface area contributed by atoms with Crippen LogP contribution in [-0.4, -0.2) is 33.6 Å². The Morgan fingerprint density at radius 1 is 1.32 bits per heavy atom. The van der Waals surface area contributed by atoms with Crippen LogP contribution in [-0.2, 0) is 11.2 Å². The zero-order valence-electron chi connectivity index (χ0n) is 11.0. The van der Waals surface area contributed by atoms with Gasteiger partial charge in [0.05, 0.1) is 24.5 Å². The van der Waals surface area contributed by atoms with E-state index in [9.17, 15) is 9.59 Å². The number of carbonyl (C=O) groups excluding carboxylic acids is 1. The van der Waals surface area contributed by atoms with Gasteiger partial charge < -0.3 is 15.7 Å². The molecular formula is C12H18N4O3. The number of hydrogen-bond acceptors (Lipinski definition) is 4. The molecule has 0 fully saturated rings. The van der Waals surface area contributed by atoms with Crippen molar-refractivity contribution in [3.05, 3.63) is 18.2 Å². The van der Waals surface area contributed by atoms with Gasteiger partial charge in [-0.3, -0.25) is 4.79 Å². The molecule has 0 saturated carbocycles. The summed E-state index contributed by atoms with van der Waals surface area (Å²) in [6, 6.07) is -0.471. The van der Waals surface area contributed by atoms with E-state index in [-0.39, 0.29) is 13.0 Å². The van der Waals surface area contributed by atoms with Gasteiger partial charge in [-0.1, -0.05) is 13.8 Å². The third kappa shape index (κ3) is 6.35. The fourth-order valence-corrected chi connectivity index (χ4v) is 1.35. The molecule has 0 radical (unpaired) electrons. The van der Waals surface area contributed by atoms with Crippen molar-refractivity contribution in [2.24, 2.45) is 5.92 Å². The Bertz CT molecular complexity index is 431. The van der Waals surface area contributed by atoms with Crippen molar-refractivity contribution < 1.29 is 14.7 Å². The van der Waals surface area contributed by atoms with Crippen LogP contribution >= 0.6 is 0 Å². The van der Waals surface area contributed by atoms with Crippen LogP contribution in [0.2, 0.25) is 0 Å². The number of nitrogens with zero attached hydrogens (tertiary/aromatic N) is 2. The van der Waals surface area contributed by atoms with Gasteiger partial charge in [0, 0.05) is 13.0 Å². The third-order valence-electron chi connectivity index (χ3n) is 2.18. The summed E-state index contributed by atoms with van der Waals surface area (Å²) >= 11 is 0. The molecule has 2 amide bonds. The zero-order valence-corrected chi connectivity index (χ0v) is 11.0. The second-order valence-electron chi connectivity index (χ2n) is 4.51. The molecule has 0 aliphatic rings. The molecule has 0 aromatic carbocycles. The molecule has 0 atom stereocenters. The van der Waals surface area contributed by atoms with Gasteiger partial charge in [0.25, 0.3) is 0 Å². The number of rotatable bonds is 6. The summed E-state index contributed by atoms with van der Waals surface area (Å²) in [4.78, 5) is 29.9. The Hall–Kier alpha value is -2.18. The minimum Gasteiger partial charge on any atom is -0.481 e. The fourth-order valence-electron chi connectivity index (χ4n) is 1.35. The Labute approximate surface area is 111 Å². The Morgan fingerprint density at radius 2 is 1.95 bits per heavy atom. The molecule has 0 aliphatic heterocycles. The highest BCUT2D eigenvalue weighted by Gasteiger charge is 2.05. The minimum atomic E-state index is -0.957. The number of aromatic nitrogens is 2. The molecule has 0 aliphatic carbocycles. The van der Waals surface area contributed by atoms with Gasteiger partial charge in [-0.2, -0.15) is 0 Å². The van der Waals surface area contributed by atoms with Crippen molar-refractivity contribution in [1.29, 1.82) is 0 Å². The van der Waals surface area contributed by atoms with Crippen molar-refractivity contribution in [2.75, 3.05) is 11.9 Å². The SMILES string of the molecule is CC(C)Cc1ncc(NC(=O)NCCC(=O)O)cn1. The third-order valence-corrected chi connectivity index (χ3v) is 2.18. The average Bonchev–Trinajstić information content (AvgIpc) is 2.30. The first-order valence-electron chi connectivity index (χ1n) is 6.05. The molecule has 0 spiro atoms. The van der Waals surface area contributed by atoms with E-state index in [2.05, 4.69) is 34.4 Å². The summed E-state index contributed by atoms with van der Waals surface area (Å²) in [5.74, 6) is 0.242. The first-order chi connectivity index (χ1) is 8.97. The molecule has 1 rings (SSSR count). The average molecular weight is 266 g/mol. The van der Waals surface area contributed by atoms with Gasteiger partial charge in [0.15, 0.2) is 0 Å². The molecule has 0 bridgehead atoms. The number of anilines is 1. The van der Waals surface area contributed by atoms with E-state index in [0.29, 0.717) is 11.6 Å². The van der Waals surface area contributed by atoms with E-state index in [4.69, 9.17) is 5.11 Å². The van der Waals surface area contributed by atoms with E-state index in [0.717, 1.165) is 12.2 Å². The molecular weight excluding hydrogens is 248 g/mol. The van der Waals surface area contributed by atoms with Crippen molar-refractivity contribution >= 4 is 17.7 Å². The smallest absolute Gasteiger partial charge is 0.319 e. The lowest BCUT2D eigenvalue weighted by Gasteiger charge is -2.07. The van der Waals surface area contributed by atoms with Gasteiger partial charge in [0.1, 0.15) is 5.82 Å². The second-order valence-corrected chi connectivity index (χ2v) is 4.51. The highest BCUT2D eigenvalue weighted by Crippen LogP contribution is 2.06. The van der Waals surface area contributed by atoms with Gasteiger partial charge in [-0.05, 0) is 5.92 Å². The van der Waals surface area contributed by atoms with Gasteiger partial charge in [0.2, 0.25) is 0 Å². The van der Waals surface area contributed by atoms with Crippen LogP contribution in [0.25, 0.3) is 0 Å². The zero-order chi connectivity index (χ0) is 14.3. The van der Waals surface area contributed by atoms with E-state index >= 15 is 0 Å². The number of nitrogens with one attached hydrogen (secondary N) is 2. The summed E-state index contributed by atoms with van der Waals surface area (Å²) in [6.07, 6.45) is 3.73. The molecule has 7 heteroatoms. The summed E-state index contributed by atoms with van der Waals surface area (Å²) in [6.45, 7) is 4.23. The molecule has 0 unspecified atom stereocenters. The number of aliphatic carboxylic acids is 1. The predicted octanol–water partition coefficient (Wildman–Crippen LogP) is 1.27. The summed E-state index contributed by atoms with van der Waals surface area (Å²) in [5, 5.41) is 13.4. The quantitative estimate of drug-likeness (QED) is 0.719. The molecule has 0 saturated heterocycles. The normalized spacial score (nSPS) is 10.3. The molecule has 1 aromatic heterocycles. The maximum absolute atomic E-state index is 11.4. The van der Waals surface area contributed by atoms with Crippen molar-refractivity contribution in [2.45, 2.75) is 26.7 Å². The van der Waals surface area contributed by atoms with E-state index in [1.165, 1.54) is 12.4 Å². The standard InChI is InChI=1S/C12H18N4O3/c1-8(2)5-10-14-6-9(7-15-10)16-12(19)13-4-3-11(17)18/h6-8H,3-5H2,1-2H3,(H,17,18)(H2,13,16,19). The number of hydrogen-bond donors (Lipinski definition) is 3. The largest absolute Gasteiger partial charge is 0.481 e. The lowest BCUT2D eigenvalue weighted by atomic mass is 10.1. The van der Waals surface area contributed by atoms with Gasteiger partial charge >= 0.3 is 12.0 Å². The first-order valence-corrected chi connectivity index (χ1v) is 6.05. The van der Waals surface area contributed by atoms with E-state index in [1.54, 1.807) is 0 Å². The topological polar surface area (TPSA) is 104 Å². The number of urea groups is 1. The van der Waals surface area contributed by atoms with Crippen molar-refractivity contribution in [1.82, 2.24) is 15.3 Å². The molecule has 1 aromatic rings. The number of amides is 2. The molecule has 1 heterocycles. The fraction of sp³-hybridized carbons (Fsp3) is 0.500. The van der Waals surface area contributed by atoms with Crippen LogP contribution in [0.3, 0.4) is 0 Å². The number of carboxylic acid groups (broad SMARTS) is 1. The second kappa shape index (κ2) is 7.30. The van der Waals surface area contributed by atoms with Crippen molar-refractivity contribution in [3.63, 3.8) is 0 Å². The monoisotopic (exact) mass is 266 g/mol. The van der Waals surface area contributed by atoms with Crippen molar-refractivity contribution in [3.8, 4) is 0 Å². The Kier molecular flexibility index (Phi) is 5.72. The van der Waals surface area contributed by atoms with Crippen LogP contribution in [0, 0.1) is 5.92 Å². The Balaban J connectivity index is 2.40. The summed E-state index contributed by atoms with van der Waals surface area (Å²) in [7, 11) is 0. The van der Waals surface area contributed by atoms with E-state index < -0.39 is 12.0 Å². The minimum absolute atomic E-state index is 0.0768. The molecule has 3 N–H and O–H groups in total. The molecule has 104 valence electrons. The van der Waals surface area contributed by atoms with Crippen LogP contribution in [0.1, 0.15) is 26.1 Å². The predicted molar refractivity (Wildman–Crippen MR) is 69.8 cm³/mol. The summed E-state index contributed by atoms with van der Waals surface area (Å²) in [5.41, 5.74) is 0.473. The van der Waals surface area contributed by atoms with Gasteiger partial charge in [-0.15, -0.1) is 0 Å². The lowest BCUT2D eigenvalue weighted by Crippen LogP contribution is -2.30. The molecule has 19 heavy (non-hydrogen) atoms. The van der Waals surface area contributed by atoms with E-state index in [1.807, 2.05) is 0 Å². The van der Waals surface area contributed by atoms with Crippen LogP contribution in [0.5, 0.6) is 0 Å². The highest BCUT2D eigenvalue weighted by atomic mass is 16.4. The van der Waals surface area contributed by atoms with Gasteiger partial charge in [-0.25, -0.2) is 14.8 Å². The molecule has 7 nitrogen and oxygen atoms in total. The van der Waals surface area contributed by atoms with Crippen LogP contribution < -0.4 is 10.6 Å². The maximum atomic E-state index is 11.4. The maximum Gasteiger partial charge on any atom is 0.319 e. The highest BCUT2D eigenvalue weighted by molar-refractivity contribution is 5.89.